The largest absolute Gasteiger partial charge is 0.440 e. The Bertz CT molecular complexity index is 370. The molecule has 0 aliphatic heterocycles. The standard InChI is InChI=1S/C10H15N3OS/c1-7-5-14-9(13-7)15-6-10(2-3-10)4-8(11)12/h5H,2-4,6H2,1H3,(H3,11,12). The smallest absolute Gasteiger partial charge is 0.255 e. The van der Waals surface area contributed by atoms with Crippen LogP contribution in [0.4, 0.5) is 0 Å². The lowest BCUT2D eigenvalue weighted by Gasteiger charge is -2.11. The van der Waals surface area contributed by atoms with Crippen LogP contribution in [0.5, 0.6) is 0 Å². The van der Waals surface area contributed by atoms with E-state index in [0.29, 0.717) is 6.42 Å². The summed E-state index contributed by atoms with van der Waals surface area (Å²) in [5.41, 5.74) is 6.59. The highest BCUT2D eigenvalue weighted by Crippen LogP contribution is 2.51. The Labute approximate surface area is 93.1 Å². The molecule has 1 fully saturated rings. The lowest BCUT2D eigenvalue weighted by Crippen LogP contribution is -2.18. The SMILES string of the molecule is Cc1coc(SCC2(CC(=N)N)CC2)n1. The van der Waals surface area contributed by atoms with E-state index in [2.05, 4.69) is 4.98 Å². The summed E-state index contributed by atoms with van der Waals surface area (Å²) in [6, 6.07) is 0. The Morgan fingerprint density at radius 1 is 1.73 bits per heavy atom. The molecule has 3 N–H and O–H groups in total. The van der Waals surface area contributed by atoms with Gasteiger partial charge < -0.3 is 10.2 Å². The van der Waals surface area contributed by atoms with Crippen molar-refractivity contribution in [2.45, 2.75) is 31.4 Å². The van der Waals surface area contributed by atoms with Crippen molar-refractivity contribution >= 4 is 17.6 Å². The molecule has 0 amide bonds. The molecule has 0 bridgehead atoms. The van der Waals surface area contributed by atoms with Crippen molar-refractivity contribution in [2.75, 3.05) is 5.75 Å². The molecule has 0 saturated heterocycles. The Hall–Kier alpha value is -0.970. The van der Waals surface area contributed by atoms with Crippen molar-refractivity contribution in [1.82, 2.24) is 4.98 Å². The number of thioether (sulfide) groups is 1. The molecule has 1 aromatic heterocycles. The maximum atomic E-state index is 7.31. The Kier molecular flexibility index (Phi) is 2.73. The third-order valence-electron chi connectivity index (χ3n) is 2.62. The summed E-state index contributed by atoms with van der Waals surface area (Å²) in [6.07, 6.45) is 4.70. The third kappa shape index (κ3) is 2.75. The van der Waals surface area contributed by atoms with Crippen molar-refractivity contribution < 1.29 is 4.42 Å². The van der Waals surface area contributed by atoms with Gasteiger partial charge in [-0.15, -0.1) is 0 Å². The fraction of sp³-hybridized carbons (Fsp3) is 0.600. The third-order valence-corrected chi connectivity index (χ3v) is 3.81. The number of nitrogens with one attached hydrogen (secondary N) is 1. The van der Waals surface area contributed by atoms with E-state index in [0.717, 1.165) is 16.7 Å². The topological polar surface area (TPSA) is 75.9 Å². The molecule has 2 rings (SSSR count). The van der Waals surface area contributed by atoms with Crippen LogP contribution < -0.4 is 5.73 Å². The van der Waals surface area contributed by atoms with Gasteiger partial charge in [0.05, 0.1) is 11.5 Å². The van der Waals surface area contributed by atoms with E-state index in [1.807, 2.05) is 6.92 Å². The zero-order valence-corrected chi connectivity index (χ0v) is 9.56. The van der Waals surface area contributed by atoms with Crippen molar-refractivity contribution in [3.63, 3.8) is 0 Å². The van der Waals surface area contributed by atoms with Gasteiger partial charge in [-0.1, -0.05) is 11.8 Å². The van der Waals surface area contributed by atoms with Crippen LogP contribution in [0.2, 0.25) is 0 Å². The van der Waals surface area contributed by atoms with E-state index in [4.69, 9.17) is 15.6 Å². The molecule has 1 heterocycles. The second-order valence-corrected chi connectivity index (χ2v) is 5.17. The van der Waals surface area contributed by atoms with E-state index in [1.165, 1.54) is 12.8 Å². The van der Waals surface area contributed by atoms with Crippen molar-refractivity contribution in [1.29, 1.82) is 5.41 Å². The molecule has 0 unspecified atom stereocenters. The number of oxazole rings is 1. The van der Waals surface area contributed by atoms with Crippen LogP contribution >= 0.6 is 11.8 Å². The van der Waals surface area contributed by atoms with Crippen LogP contribution in [0.1, 0.15) is 25.0 Å². The molecular formula is C10H15N3OS. The van der Waals surface area contributed by atoms with Gasteiger partial charge >= 0.3 is 0 Å². The van der Waals surface area contributed by atoms with Crippen LogP contribution in [-0.4, -0.2) is 16.6 Å². The van der Waals surface area contributed by atoms with Crippen molar-refractivity contribution in [3.8, 4) is 0 Å². The monoisotopic (exact) mass is 225 g/mol. The minimum Gasteiger partial charge on any atom is -0.440 e. The van der Waals surface area contributed by atoms with E-state index in [9.17, 15) is 0 Å². The molecule has 1 aliphatic carbocycles. The molecule has 1 aromatic rings. The van der Waals surface area contributed by atoms with Gasteiger partial charge in [-0.25, -0.2) is 4.98 Å². The van der Waals surface area contributed by atoms with E-state index in [-0.39, 0.29) is 11.3 Å². The summed E-state index contributed by atoms with van der Waals surface area (Å²) >= 11 is 1.62. The Balaban J connectivity index is 1.85. The van der Waals surface area contributed by atoms with Crippen LogP contribution in [0, 0.1) is 17.7 Å². The van der Waals surface area contributed by atoms with Crippen LogP contribution in [0.3, 0.4) is 0 Å². The fourth-order valence-corrected chi connectivity index (χ4v) is 2.71. The zero-order valence-electron chi connectivity index (χ0n) is 8.75. The predicted octanol–water partition coefficient (Wildman–Crippen LogP) is 2.18. The summed E-state index contributed by atoms with van der Waals surface area (Å²) in [7, 11) is 0. The lowest BCUT2D eigenvalue weighted by molar-refractivity contribution is 0.452. The molecule has 15 heavy (non-hydrogen) atoms. The Morgan fingerprint density at radius 3 is 2.93 bits per heavy atom. The average Bonchev–Trinajstić information content (AvgIpc) is 2.77. The molecule has 0 aromatic carbocycles. The number of hydrogen-bond acceptors (Lipinski definition) is 4. The highest BCUT2D eigenvalue weighted by atomic mass is 32.2. The molecule has 0 atom stereocenters. The summed E-state index contributed by atoms with van der Waals surface area (Å²) in [5.74, 6) is 1.24. The average molecular weight is 225 g/mol. The first-order valence-corrected chi connectivity index (χ1v) is 5.96. The van der Waals surface area contributed by atoms with E-state index >= 15 is 0 Å². The minimum atomic E-state index is 0.249. The number of amidine groups is 1. The molecule has 4 nitrogen and oxygen atoms in total. The van der Waals surface area contributed by atoms with E-state index < -0.39 is 0 Å². The van der Waals surface area contributed by atoms with Gasteiger partial charge in [0.2, 0.25) is 0 Å². The van der Waals surface area contributed by atoms with Gasteiger partial charge in [0.1, 0.15) is 6.26 Å². The maximum absolute atomic E-state index is 7.31. The maximum Gasteiger partial charge on any atom is 0.255 e. The van der Waals surface area contributed by atoms with Gasteiger partial charge in [-0.3, -0.25) is 5.41 Å². The first-order valence-electron chi connectivity index (χ1n) is 4.97. The van der Waals surface area contributed by atoms with E-state index in [1.54, 1.807) is 18.0 Å². The number of nitrogens with two attached hydrogens (primary N) is 1. The predicted molar refractivity (Wildman–Crippen MR) is 60.2 cm³/mol. The van der Waals surface area contributed by atoms with Crippen LogP contribution in [-0.2, 0) is 0 Å². The summed E-state index contributed by atoms with van der Waals surface area (Å²) in [6.45, 7) is 1.91. The summed E-state index contributed by atoms with van der Waals surface area (Å²) in [4.78, 5) is 4.23. The molecule has 1 aliphatic rings. The molecule has 1 saturated carbocycles. The number of aryl methyl sites for hydroxylation is 1. The first-order chi connectivity index (χ1) is 7.10. The van der Waals surface area contributed by atoms with Gasteiger partial charge in [-0.05, 0) is 25.2 Å². The summed E-state index contributed by atoms with van der Waals surface area (Å²) < 4.78 is 5.26. The van der Waals surface area contributed by atoms with Gasteiger partial charge in [0, 0.05) is 12.2 Å². The van der Waals surface area contributed by atoms with Gasteiger partial charge in [-0.2, -0.15) is 0 Å². The number of rotatable bonds is 5. The summed E-state index contributed by atoms with van der Waals surface area (Å²) in [5, 5.41) is 8.03. The molecule has 82 valence electrons. The van der Waals surface area contributed by atoms with Crippen molar-refractivity contribution in [3.05, 3.63) is 12.0 Å². The van der Waals surface area contributed by atoms with Gasteiger partial charge in [0.15, 0.2) is 0 Å². The van der Waals surface area contributed by atoms with Crippen molar-refractivity contribution in [2.24, 2.45) is 11.1 Å². The fourth-order valence-electron chi connectivity index (χ4n) is 1.57. The lowest BCUT2D eigenvalue weighted by atomic mass is 10.1. The molecule has 0 spiro atoms. The second kappa shape index (κ2) is 3.89. The number of hydrogen-bond donors (Lipinski definition) is 2. The first kappa shape index (κ1) is 10.5. The van der Waals surface area contributed by atoms with Crippen LogP contribution in [0.15, 0.2) is 15.9 Å². The highest BCUT2D eigenvalue weighted by Gasteiger charge is 2.43. The van der Waals surface area contributed by atoms with Gasteiger partial charge in [0.25, 0.3) is 5.22 Å². The van der Waals surface area contributed by atoms with Crippen LogP contribution in [0.25, 0.3) is 0 Å². The quantitative estimate of drug-likeness (QED) is 0.457. The molecule has 0 radical (unpaired) electrons. The normalized spacial score (nSPS) is 17.7. The highest BCUT2D eigenvalue weighted by molar-refractivity contribution is 7.99. The number of aromatic nitrogens is 1. The zero-order chi connectivity index (χ0) is 10.9. The molecular weight excluding hydrogens is 210 g/mol. The molecule has 5 heteroatoms. The Morgan fingerprint density at radius 2 is 2.47 bits per heavy atom. The minimum absolute atomic E-state index is 0.249. The number of nitrogens with zero attached hydrogens (tertiary/aromatic N) is 1. The second-order valence-electron chi connectivity index (χ2n) is 4.25.